The van der Waals surface area contributed by atoms with Crippen molar-refractivity contribution in [3.8, 4) is 0 Å². The normalized spacial score (nSPS) is 15.6. The minimum absolute atomic E-state index is 0.0563. The number of rotatable bonds is 7. The first-order valence-corrected chi connectivity index (χ1v) is 6.47. The Morgan fingerprint density at radius 1 is 1.32 bits per heavy atom. The molecular weight excluding hydrogens is 234 g/mol. The highest BCUT2D eigenvalue weighted by molar-refractivity contribution is 5.88. The maximum absolute atomic E-state index is 12.3. The second-order valence-electron chi connectivity index (χ2n) is 4.99. The van der Waals surface area contributed by atoms with Gasteiger partial charge >= 0.3 is 0 Å². The number of Topliss-reactive ketones (excluding diaryl/α,β-unsaturated/α-hetero) is 1. The van der Waals surface area contributed by atoms with Crippen LogP contribution in [-0.4, -0.2) is 30.3 Å². The standard InChI is InChI=1S/C17H23NO/c1-6-13-17(14(3)19,18(4)5)16(7-2)15-11-9-8-10-12-15/h6-12,16H,1-2,13H2,3-5H3. The molecule has 0 amide bonds. The van der Waals surface area contributed by atoms with E-state index in [2.05, 4.69) is 13.2 Å². The molecule has 0 aliphatic heterocycles. The maximum atomic E-state index is 12.3. The zero-order valence-electron chi connectivity index (χ0n) is 12.1. The summed E-state index contributed by atoms with van der Waals surface area (Å²) in [5.74, 6) is 0.0744. The fourth-order valence-electron chi connectivity index (χ4n) is 2.75. The van der Waals surface area contributed by atoms with E-state index in [-0.39, 0.29) is 11.7 Å². The van der Waals surface area contributed by atoms with Crippen molar-refractivity contribution in [2.45, 2.75) is 24.8 Å². The lowest BCUT2D eigenvalue weighted by Crippen LogP contribution is -2.53. The fraction of sp³-hybridized carbons (Fsp3) is 0.353. The van der Waals surface area contributed by atoms with Crippen LogP contribution in [0, 0.1) is 0 Å². The smallest absolute Gasteiger partial charge is 0.151 e. The molecule has 2 unspecified atom stereocenters. The van der Waals surface area contributed by atoms with E-state index in [1.54, 1.807) is 13.0 Å². The van der Waals surface area contributed by atoms with E-state index >= 15 is 0 Å². The molecule has 0 aliphatic carbocycles. The van der Waals surface area contributed by atoms with Gasteiger partial charge in [0.1, 0.15) is 0 Å². The Bertz CT molecular complexity index is 450. The monoisotopic (exact) mass is 257 g/mol. The van der Waals surface area contributed by atoms with Crippen LogP contribution in [0.2, 0.25) is 0 Å². The van der Waals surface area contributed by atoms with E-state index in [4.69, 9.17) is 0 Å². The van der Waals surface area contributed by atoms with Crippen molar-refractivity contribution < 1.29 is 4.79 Å². The topological polar surface area (TPSA) is 20.3 Å². The van der Waals surface area contributed by atoms with Gasteiger partial charge < -0.3 is 0 Å². The van der Waals surface area contributed by atoms with Gasteiger partial charge in [0.2, 0.25) is 0 Å². The Labute approximate surface area is 116 Å². The van der Waals surface area contributed by atoms with Crippen LogP contribution < -0.4 is 0 Å². The Kier molecular flexibility index (Phi) is 5.25. The highest BCUT2D eigenvalue weighted by Crippen LogP contribution is 2.37. The average Bonchev–Trinajstić information content (AvgIpc) is 2.39. The molecule has 0 radical (unpaired) electrons. The molecule has 1 aromatic carbocycles. The van der Waals surface area contributed by atoms with Gasteiger partial charge in [0.05, 0.1) is 5.54 Å². The van der Waals surface area contributed by atoms with E-state index in [0.717, 1.165) is 5.56 Å². The lowest BCUT2D eigenvalue weighted by atomic mass is 9.73. The second-order valence-corrected chi connectivity index (χ2v) is 4.99. The van der Waals surface area contributed by atoms with Crippen LogP contribution in [0.5, 0.6) is 0 Å². The Morgan fingerprint density at radius 3 is 2.26 bits per heavy atom. The Hall–Kier alpha value is -1.67. The first-order valence-electron chi connectivity index (χ1n) is 6.47. The molecule has 1 rings (SSSR count). The highest BCUT2D eigenvalue weighted by Gasteiger charge is 2.43. The Balaban J connectivity index is 3.39. The molecule has 2 heteroatoms. The van der Waals surface area contributed by atoms with Gasteiger partial charge in [-0.05, 0) is 33.0 Å². The predicted molar refractivity (Wildman–Crippen MR) is 81.3 cm³/mol. The number of carbonyl (C=O) groups excluding carboxylic acids is 1. The summed E-state index contributed by atoms with van der Waals surface area (Å²) in [6.07, 6.45) is 4.27. The summed E-state index contributed by atoms with van der Waals surface area (Å²) in [5, 5.41) is 0. The summed E-state index contributed by atoms with van der Waals surface area (Å²) in [6, 6.07) is 10.0. The maximum Gasteiger partial charge on any atom is 0.151 e. The third-order valence-electron chi connectivity index (χ3n) is 3.77. The van der Waals surface area contributed by atoms with Crippen LogP contribution in [0.3, 0.4) is 0 Å². The van der Waals surface area contributed by atoms with Gasteiger partial charge in [0, 0.05) is 5.92 Å². The minimum Gasteiger partial charge on any atom is -0.298 e. The number of ketones is 1. The lowest BCUT2D eigenvalue weighted by Gasteiger charge is -2.42. The number of nitrogens with zero attached hydrogens (tertiary/aromatic N) is 1. The second kappa shape index (κ2) is 6.48. The van der Waals surface area contributed by atoms with Crippen LogP contribution in [-0.2, 0) is 4.79 Å². The molecule has 19 heavy (non-hydrogen) atoms. The van der Waals surface area contributed by atoms with Crippen molar-refractivity contribution in [1.29, 1.82) is 0 Å². The summed E-state index contributed by atoms with van der Waals surface area (Å²) < 4.78 is 0. The van der Waals surface area contributed by atoms with Crippen LogP contribution in [0.15, 0.2) is 55.6 Å². The molecule has 0 saturated carbocycles. The van der Waals surface area contributed by atoms with E-state index in [1.165, 1.54) is 0 Å². The zero-order chi connectivity index (χ0) is 14.5. The Morgan fingerprint density at radius 2 is 1.89 bits per heavy atom. The van der Waals surface area contributed by atoms with E-state index < -0.39 is 5.54 Å². The van der Waals surface area contributed by atoms with Crippen molar-refractivity contribution in [3.05, 3.63) is 61.2 Å². The molecule has 0 aromatic heterocycles. The number of likely N-dealkylation sites (N-methyl/N-ethyl adjacent to an activating group) is 1. The van der Waals surface area contributed by atoms with Crippen LogP contribution in [0.25, 0.3) is 0 Å². The molecule has 102 valence electrons. The van der Waals surface area contributed by atoms with Crippen molar-refractivity contribution >= 4 is 5.78 Å². The summed E-state index contributed by atoms with van der Waals surface area (Å²) in [6.45, 7) is 9.39. The third-order valence-corrected chi connectivity index (χ3v) is 3.77. The molecule has 0 aliphatic rings. The molecule has 0 bridgehead atoms. The number of benzene rings is 1. The zero-order valence-corrected chi connectivity index (χ0v) is 12.1. The van der Waals surface area contributed by atoms with Gasteiger partial charge in [0.25, 0.3) is 0 Å². The van der Waals surface area contributed by atoms with E-state index in [9.17, 15) is 4.79 Å². The highest BCUT2D eigenvalue weighted by atomic mass is 16.1. The molecule has 0 saturated heterocycles. The van der Waals surface area contributed by atoms with Gasteiger partial charge in [-0.25, -0.2) is 0 Å². The van der Waals surface area contributed by atoms with Gasteiger partial charge in [-0.15, -0.1) is 13.2 Å². The number of hydrogen-bond acceptors (Lipinski definition) is 2. The summed E-state index contributed by atoms with van der Waals surface area (Å²) >= 11 is 0. The molecule has 0 fully saturated rings. The summed E-state index contributed by atoms with van der Waals surface area (Å²) in [7, 11) is 3.87. The number of carbonyl (C=O) groups is 1. The largest absolute Gasteiger partial charge is 0.298 e. The SMILES string of the molecule is C=CCC(C(C)=O)(C(C=C)c1ccccc1)N(C)C. The van der Waals surface area contributed by atoms with Gasteiger partial charge in [0.15, 0.2) is 5.78 Å². The van der Waals surface area contributed by atoms with Gasteiger partial charge in [-0.3, -0.25) is 9.69 Å². The average molecular weight is 257 g/mol. The van der Waals surface area contributed by atoms with E-state index in [0.29, 0.717) is 6.42 Å². The van der Waals surface area contributed by atoms with E-state index in [1.807, 2.05) is 55.4 Å². The summed E-state index contributed by atoms with van der Waals surface area (Å²) in [4.78, 5) is 14.3. The van der Waals surface area contributed by atoms with Crippen LogP contribution in [0.1, 0.15) is 24.8 Å². The van der Waals surface area contributed by atoms with Crippen LogP contribution in [0.4, 0.5) is 0 Å². The first kappa shape index (κ1) is 15.4. The lowest BCUT2D eigenvalue weighted by molar-refractivity contribution is -0.128. The molecule has 1 aromatic rings. The fourth-order valence-corrected chi connectivity index (χ4v) is 2.75. The molecule has 2 nitrogen and oxygen atoms in total. The minimum atomic E-state index is -0.620. The summed E-state index contributed by atoms with van der Waals surface area (Å²) in [5.41, 5.74) is 0.480. The van der Waals surface area contributed by atoms with Crippen molar-refractivity contribution in [1.82, 2.24) is 4.90 Å². The number of hydrogen-bond donors (Lipinski definition) is 0. The van der Waals surface area contributed by atoms with Crippen molar-refractivity contribution in [2.24, 2.45) is 0 Å². The molecular formula is C17H23NO. The molecule has 0 heterocycles. The molecule has 2 atom stereocenters. The predicted octanol–water partition coefficient (Wildman–Crippen LogP) is 3.42. The van der Waals surface area contributed by atoms with Crippen molar-refractivity contribution in [2.75, 3.05) is 14.1 Å². The van der Waals surface area contributed by atoms with Gasteiger partial charge in [-0.2, -0.15) is 0 Å². The quantitative estimate of drug-likeness (QED) is 0.698. The van der Waals surface area contributed by atoms with Crippen molar-refractivity contribution in [3.63, 3.8) is 0 Å². The third kappa shape index (κ3) is 2.85. The molecule has 0 N–H and O–H groups in total. The van der Waals surface area contributed by atoms with Gasteiger partial charge in [-0.1, -0.05) is 42.5 Å². The van der Waals surface area contributed by atoms with Crippen LogP contribution >= 0.6 is 0 Å². The first-order chi connectivity index (χ1) is 9.00. The molecule has 0 spiro atoms.